The highest BCUT2D eigenvalue weighted by Gasteiger charge is 2.21. The third-order valence-electron chi connectivity index (χ3n) is 4.38. The van der Waals surface area contributed by atoms with Gasteiger partial charge in [-0.25, -0.2) is 4.79 Å². The van der Waals surface area contributed by atoms with Crippen molar-refractivity contribution in [3.63, 3.8) is 0 Å². The zero-order chi connectivity index (χ0) is 15.2. The Labute approximate surface area is 127 Å². The zero-order valence-electron chi connectivity index (χ0n) is 13.0. The lowest BCUT2D eigenvalue weighted by molar-refractivity contribution is 0.0601. The van der Waals surface area contributed by atoms with Crippen molar-refractivity contribution in [2.75, 3.05) is 18.2 Å². The number of esters is 1. The molecule has 0 atom stereocenters. The topological polar surface area (TPSA) is 64.3 Å². The Morgan fingerprint density at radius 1 is 1.33 bits per heavy atom. The van der Waals surface area contributed by atoms with Crippen LogP contribution in [0.15, 0.2) is 18.2 Å². The van der Waals surface area contributed by atoms with Gasteiger partial charge in [0.1, 0.15) is 0 Å². The molecule has 1 saturated carbocycles. The SMILES string of the molecule is CCCC1CCC(Nc2ccc(C(=O)OC)cc2N)CC1. The van der Waals surface area contributed by atoms with Crippen molar-refractivity contribution in [2.24, 2.45) is 5.92 Å². The quantitative estimate of drug-likeness (QED) is 0.639. The fourth-order valence-electron chi connectivity index (χ4n) is 3.16. The first-order valence-corrected chi connectivity index (χ1v) is 7.88. The maximum absolute atomic E-state index is 11.5. The van der Waals surface area contributed by atoms with Gasteiger partial charge in [0.25, 0.3) is 0 Å². The predicted octanol–water partition coefficient (Wildman–Crippen LogP) is 3.83. The first kappa shape index (κ1) is 15.7. The number of rotatable bonds is 5. The molecule has 1 aromatic rings. The summed E-state index contributed by atoms with van der Waals surface area (Å²) < 4.78 is 4.70. The van der Waals surface area contributed by atoms with Gasteiger partial charge in [0, 0.05) is 6.04 Å². The Morgan fingerprint density at radius 2 is 2.05 bits per heavy atom. The molecule has 0 unspecified atom stereocenters. The van der Waals surface area contributed by atoms with Crippen molar-refractivity contribution in [2.45, 2.75) is 51.5 Å². The van der Waals surface area contributed by atoms with Gasteiger partial charge < -0.3 is 15.8 Å². The molecule has 0 heterocycles. The molecule has 116 valence electrons. The predicted molar refractivity (Wildman–Crippen MR) is 86.5 cm³/mol. The fourth-order valence-corrected chi connectivity index (χ4v) is 3.16. The third-order valence-corrected chi connectivity index (χ3v) is 4.38. The number of nitrogens with one attached hydrogen (secondary N) is 1. The first-order chi connectivity index (χ1) is 10.1. The van der Waals surface area contributed by atoms with Crippen molar-refractivity contribution in [1.82, 2.24) is 0 Å². The fraction of sp³-hybridized carbons (Fsp3) is 0.588. The van der Waals surface area contributed by atoms with E-state index in [2.05, 4.69) is 12.2 Å². The molecule has 4 heteroatoms. The van der Waals surface area contributed by atoms with E-state index >= 15 is 0 Å². The van der Waals surface area contributed by atoms with E-state index in [-0.39, 0.29) is 5.97 Å². The van der Waals surface area contributed by atoms with Crippen molar-refractivity contribution in [1.29, 1.82) is 0 Å². The molecule has 2 rings (SSSR count). The summed E-state index contributed by atoms with van der Waals surface area (Å²) in [6, 6.07) is 5.80. The van der Waals surface area contributed by atoms with Crippen LogP contribution in [0.5, 0.6) is 0 Å². The lowest BCUT2D eigenvalue weighted by Gasteiger charge is -2.30. The second kappa shape index (κ2) is 7.34. The number of carbonyl (C=O) groups is 1. The lowest BCUT2D eigenvalue weighted by atomic mass is 9.83. The average molecular weight is 290 g/mol. The minimum atomic E-state index is -0.353. The van der Waals surface area contributed by atoms with E-state index in [1.54, 1.807) is 12.1 Å². The number of methoxy groups -OCH3 is 1. The lowest BCUT2D eigenvalue weighted by Crippen LogP contribution is -2.26. The number of anilines is 2. The Bertz CT molecular complexity index is 480. The van der Waals surface area contributed by atoms with E-state index in [9.17, 15) is 4.79 Å². The summed E-state index contributed by atoms with van der Waals surface area (Å²) in [7, 11) is 1.37. The molecular weight excluding hydrogens is 264 g/mol. The summed E-state index contributed by atoms with van der Waals surface area (Å²) in [6.45, 7) is 2.26. The normalized spacial score (nSPS) is 21.8. The van der Waals surface area contributed by atoms with Gasteiger partial charge in [0.05, 0.1) is 24.0 Å². The number of hydrogen-bond donors (Lipinski definition) is 2. The van der Waals surface area contributed by atoms with Gasteiger partial charge in [-0.1, -0.05) is 19.8 Å². The molecular formula is C17H26N2O2. The summed E-state index contributed by atoms with van der Waals surface area (Å²) in [5.41, 5.74) is 8.05. The highest BCUT2D eigenvalue weighted by Crippen LogP contribution is 2.31. The highest BCUT2D eigenvalue weighted by atomic mass is 16.5. The molecule has 0 saturated heterocycles. The van der Waals surface area contributed by atoms with Crippen LogP contribution >= 0.6 is 0 Å². The molecule has 0 amide bonds. The molecule has 0 radical (unpaired) electrons. The maximum atomic E-state index is 11.5. The Balaban J connectivity index is 1.93. The number of nitrogen functional groups attached to an aromatic ring is 1. The van der Waals surface area contributed by atoms with Gasteiger partial charge in [0.2, 0.25) is 0 Å². The standard InChI is InChI=1S/C17H26N2O2/c1-3-4-12-5-8-14(9-6-12)19-16-10-7-13(11-15(16)18)17(20)21-2/h7,10-12,14,19H,3-6,8-9,18H2,1-2H3. The van der Waals surface area contributed by atoms with Gasteiger partial charge in [0.15, 0.2) is 0 Å². The second-order valence-corrected chi connectivity index (χ2v) is 5.94. The Hall–Kier alpha value is -1.71. The van der Waals surface area contributed by atoms with Crippen LogP contribution in [0.4, 0.5) is 11.4 Å². The summed E-state index contributed by atoms with van der Waals surface area (Å²) in [5, 5.41) is 3.52. The second-order valence-electron chi connectivity index (χ2n) is 5.94. The Kier molecular flexibility index (Phi) is 5.48. The third kappa shape index (κ3) is 4.13. The number of nitrogens with two attached hydrogens (primary N) is 1. The van der Waals surface area contributed by atoms with E-state index < -0.39 is 0 Å². The summed E-state index contributed by atoms with van der Waals surface area (Å²) in [5.74, 6) is 0.542. The summed E-state index contributed by atoms with van der Waals surface area (Å²) in [4.78, 5) is 11.5. The van der Waals surface area contributed by atoms with Gasteiger partial charge >= 0.3 is 5.97 Å². The van der Waals surface area contributed by atoms with Crippen LogP contribution in [0.1, 0.15) is 55.8 Å². The van der Waals surface area contributed by atoms with Gasteiger partial charge in [-0.3, -0.25) is 0 Å². The number of ether oxygens (including phenoxy) is 1. The molecule has 4 nitrogen and oxygen atoms in total. The largest absolute Gasteiger partial charge is 0.465 e. The molecule has 21 heavy (non-hydrogen) atoms. The van der Waals surface area contributed by atoms with Crippen LogP contribution in [0.2, 0.25) is 0 Å². The molecule has 1 aromatic carbocycles. The smallest absolute Gasteiger partial charge is 0.337 e. The molecule has 0 aromatic heterocycles. The molecule has 0 bridgehead atoms. The van der Waals surface area contributed by atoms with Crippen LogP contribution in [-0.2, 0) is 4.74 Å². The van der Waals surface area contributed by atoms with Crippen LogP contribution < -0.4 is 11.1 Å². The van der Waals surface area contributed by atoms with Crippen molar-refractivity contribution >= 4 is 17.3 Å². The maximum Gasteiger partial charge on any atom is 0.337 e. The summed E-state index contributed by atoms with van der Waals surface area (Å²) >= 11 is 0. The van der Waals surface area contributed by atoms with E-state index in [1.807, 2.05) is 6.07 Å². The molecule has 0 aliphatic heterocycles. The number of carbonyl (C=O) groups excluding carboxylic acids is 1. The van der Waals surface area contributed by atoms with Crippen LogP contribution in [-0.4, -0.2) is 19.1 Å². The summed E-state index contributed by atoms with van der Waals surface area (Å²) in [6.07, 6.45) is 7.62. The first-order valence-electron chi connectivity index (χ1n) is 7.88. The van der Waals surface area contributed by atoms with Gasteiger partial charge in [-0.2, -0.15) is 0 Å². The molecule has 0 spiro atoms. The Morgan fingerprint density at radius 3 is 2.62 bits per heavy atom. The molecule has 1 aliphatic carbocycles. The zero-order valence-corrected chi connectivity index (χ0v) is 13.0. The average Bonchev–Trinajstić information content (AvgIpc) is 2.50. The molecule has 1 aliphatic rings. The number of hydrogen-bond acceptors (Lipinski definition) is 4. The monoisotopic (exact) mass is 290 g/mol. The van der Waals surface area contributed by atoms with E-state index in [4.69, 9.17) is 10.5 Å². The number of benzene rings is 1. The van der Waals surface area contributed by atoms with Gasteiger partial charge in [-0.15, -0.1) is 0 Å². The van der Waals surface area contributed by atoms with Crippen molar-refractivity contribution in [3.05, 3.63) is 23.8 Å². The molecule has 1 fully saturated rings. The van der Waals surface area contributed by atoms with Gasteiger partial charge in [-0.05, 0) is 49.8 Å². The minimum absolute atomic E-state index is 0.353. The molecule has 3 N–H and O–H groups in total. The van der Waals surface area contributed by atoms with E-state index in [0.717, 1.165) is 11.6 Å². The van der Waals surface area contributed by atoms with E-state index in [1.165, 1.54) is 45.6 Å². The minimum Gasteiger partial charge on any atom is -0.465 e. The van der Waals surface area contributed by atoms with Crippen molar-refractivity contribution < 1.29 is 9.53 Å². The van der Waals surface area contributed by atoms with Crippen LogP contribution in [0.25, 0.3) is 0 Å². The van der Waals surface area contributed by atoms with Crippen LogP contribution in [0.3, 0.4) is 0 Å². The highest BCUT2D eigenvalue weighted by molar-refractivity contribution is 5.91. The van der Waals surface area contributed by atoms with E-state index in [0.29, 0.717) is 17.3 Å². The van der Waals surface area contributed by atoms with Crippen LogP contribution in [0, 0.1) is 5.92 Å². The van der Waals surface area contributed by atoms with Crippen molar-refractivity contribution in [3.8, 4) is 0 Å².